The van der Waals surface area contributed by atoms with Crippen molar-refractivity contribution in [2.75, 3.05) is 18.5 Å². The van der Waals surface area contributed by atoms with Crippen LogP contribution >= 0.6 is 0 Å². The summed E-state index contributed by atoms with van der Waals surface area (Å²) >= 11 is 0. The molecule has 1 aromatic heterocycles. The van der Waals surface area contributed by atoms with Gasteiger partial charge in [-0.25, -0.2) is 4.98 Å². The quantitative estimate of drug-likeness (QED) is 0.879. The topological polar surface area (TPSA) is 28.2 Å². The van der Waals surface area contributed by atoms with Gasteiger partial charge in [-0.15, -0.1) is 0 Å². The van der Waals surface area contributed by atoms with E-state index in [9.17, 15) is 13.2 Å². The second kappa shape index (κ2) is 5.14. The van der Waals surface area contributed by atoms with Crippen LogP contribution in [0, 0.1) is 0 Å². The Morgan fingerprint density at radius 2 is 2.17 bits per heavy atom. The molecule has 1 fully saturated rings. The molecule has 2 rings (SSSR count). The van der Waals surface area contributed by atoms with Crippen LogP contribution in [0.5, 0.6) is 0 Å². The Morgan fingerprint density at radius 3 is 2.78 bits per heavy atom. The predicted molar refractivity (Wildman–Crippen MR) is 63.4 cm³/mol. The fourth-order valence-corrected chi connectivity index (χ4v) is 1.80. The average Bonchev–Trinajstić information content (AvgIpc) is 3.08. The maximum atomic E-state index is 12.4. The van der Waals surface area contributed by atoms with E-state index in [1.165, 1.54) is 13.2 Å². The van der Waals surface area contributed by atoms with E-state index in [1.54, 1.807) is 6.07 Å². The standard InChI is InChI=1S/C12H16F3N3/c1-18(8-12(13,14)15)11-9(3-2-6-16-11)7-17-10-4-5-10/h2-3,6,10,17H,4-5,7-8H2,1H3. The molecule has 18 heavy (non-hydrogen) atoms. The van der Waals surface area contributed by atoms with Gasteiger partial charge in [-0.2, -0.15) is 13.2 Å². The maximum absolute atomic E-state index is 12.4. The van der Waals surface area contributed by atoms with Gasteiger partial charge in [0.1, 0.15) is 12.4 Å². The fraction of sp³-hybridized carbons (Fsp3) is 0.583. The van der Waals surface area contributed by atoms with Crippen molar-refractivity contribution in [2.24, 2.45) is 0 Å². The van der Waals surface area contributed by atoms with Crippen molar-refractivity contribution in [1.82, 2.24) is 10.3 Å². The average molecular weight is 259 g/mol. The van der Waals surface area contributed by atoms with E-state index in [4.69, 9.17) is 0 Å². The molecule has 0 atom stereocenters. The summed E-state index contributed by atoms with van der Waals surface area (Å²) < 4.78 is 37.1. The largest absolute Gasteiger partial charge is 0.405 e. The normalized spacial score (nSPS) is 15.8. The predicted octanol–water partition coefficient (Wildman–Crippen LogP) is 2.33. The molecule has 0 amide bonds. The highest BCUT2D eigenvalue weighted by molar-refractivity contribution is 5.46. The number of rotatable bonds is 5. The Bertz CT molecular complexity index is 402. The third kappa shape index (κ3) is 3.87. The van der Waals surface area contributed by atoms with Crippen molar-refractivity contribution in [3.05, 3.63) is 23.9 Å². The summed E-state index contributed by atoms with van der Waals surface area (Å²) in [5.74, 6) is 0.392. The molecule has 100 valence electrons. The minimum Gasteiger partial charge on any atom is -0.350 e. The number of hydrogen-bond acceptors (Lipinski definition) is 3. The molecule has 3 nitrogen and oxygen atoms in total. The summed E-state index contributed by atoms with van der Waals surface area (Å²) in [5.41, 5.74) is 0.802. The second-order valence-corrected chi connectivity index (χ2v) is 4.61. The van der Waals surface area contributed by atoms with Crippen LogP contribution in [0.2, 0.25) is 0 Å². The number of alkyl halides is 3. The number of pyridine rings is 1. The Balaban J connectivity index is 2.05. The van der Waals surface area contributed by atoms with Crippen molar-refractivity contribution in [3.8, 4) is 0 Å². The molecular weight excluding hydrogens is 243 g/mol. The van der Waals surface area contributed by atoms with E-state index in [0.717, 1.165) is 23.3 Å². The highest BCUT2D eigenvalue weighted by atomic mass is 19.4. The van der Waals surface area contributed by atoms with Gasteiger partial charge >= 0.3 is 6.18 Å². The van der Waals surface area contributed by atoms with E-state index in [-0.39, 0.29) is 0 Å². The van der Waals surface area contributed by atoms with Crippen molar-refractivity contribution in [3.63, 3.8) is 0 Å². The highest BCUT2D eigenvalue weighted by Gasteiger charge is 2.30. The molecule has 0 spiro atoms. The summed E-state index contributed by atoms with van der Waals surface area (Å²) in [6.07, 6.45) is -0.404. The van der Waals surface area contributed by atoms with Crippen LogP contribution in [0.1, 0.15) is 18.4 Å². The van der Waals surface area contributed by atoms with Crippen LogP contribution in [0.15, 0.2) is 18.3 Å². The van der Waals surface area contributed by atoms with Gasteiger partial charge in [0.2, 0.25) is 0 Å². The Hall–Kier alpha value is -1.30. The first-order valence-electron chi connectivity index (χ1n) is 5.91. The zero-order valence-corrected chi connectivity index (χ0v) is 10.2. The molecule has 1 aliphatic carbocycles. The van der Waals surface area contributed by atoms with Crippen molar-refractivity contribution >= 4 is 5.82 Å². The first-order chi connectivity index (χ1) is 8.46. The molecule has 1 N–H and O–H groups in total. The zero-order chi connectivity index (χ0) is 13.2. The van der Waals surface area contributed by atoms with Crippen LogP contribution < -0.4 is 10.2 Å². The van der Waals surface area contributed by atoms with E-state index < -0.39 is 12.7 Å². The van der Waals surface area contributed by atoms with Crippen LogP contribution in [-0.2, 0) is 6.54 Å². The van der Waals surface area contributed by atoms with E-state index in [0.29, 0.717) is 18.4 Å². The van der Waals surface area contributed by atoms with Gasteiger partial charge < -0.3 is 10.2 Å². The van der Waals surface area contributed by atoms with Gasteiger partial charge in [-0.3, -0.25) is 0 Å². The summed E-state index contributed by atoms with van der Waals surface area (Å²) in [7, 11) is 1.41. The molecule has 1 aromatic rings. The monoisotopic (exact) mass is 259 g/mol. The summed E-state index contributed by atoms with van der Waals surface area (Å²) in [4.78, 5) is 5.19. The van der Waals surface area contributed by atoms with E-state index in [2.05, 4.69) is 10.3 Å². The molecule has 0 saturated heterocycles. The SMILES string of the molecule is CN(CC(F)(F)F)c1ncccc1CNC1CC1. The number of aromatic nitrogens is 1. The van der Waals surface area contributed by atoms with Crippen molar-refractivity contribution in [2.45, 2.75) is 31.6 Å². The van der Waals surface area contributed by atoms with Crippen molar-refractivity contribution < 1.29 is 13.2 Å². The fourth-order valence-electron chi connectivity index (χ4n) is 1.80. The Labute approximate surface area is 104 Å². The van der Waals surface area contributed by atoms with Gasteiger partial charge in [0, 0.05) is 31.4 Å². The maximum Gasteiger partial charge on any atom is 0.405 e. The first-order valence-corrected chi connectivity index (χ1v) is 5.91. The minimum atomic E-state index is -4.21. The van der Waals surface area contributed by atoms with E-state index in [1.807, 2.05) is 6.07 Å². The number of nitrogens with one attached hydrogen (secondary N) is 1. The molecule has 0 bridgehead atoms. The molecule has 1 saturated carbocycles. The number of anilines is 1. The molecule has 0 aliphatic heterocycles. The lowest BCUT2D eigenvalue weighted by Gasteiger charge is -2.22. The third-order valence-electron chi connectivity index (χ3n) is 2.80. The minimum absolute atomic E-state index is 0.392. The van der Waals surface area contributed by atoms with E-state index >= 15 is 0 Å². The summed E-state index contributed by atoms with van der Waals surface area (Å²) in [6, 6.07) is 4.07. The molecule has 0 aromatic carbocycles. The number of nitrogens with zero attached hydrogens (tertiary/aromatic N) is 2. The lowest BCUT2D eigenvalue weighted by Crippen LogP contribution is -2.32. The first kappa shape index (κ1) is 13.1. The van der Waals surface area contributed by atoms with Gasteiger partial charge in [0.15, 0.2) is 0 Å². The lowest BCUT2D eigenvalue weighted by atomic mass is 10.2. The summed E-state index contributed by atoms with van der Waals surface area (Å²) in [5, 5.41) is 3.28. The molecule has 1 heterocycles. The zero-order valence-electron chi connectivity index (χ0n) is 10.2. The Morgan fingerprint density at radius 1 is 1.44 bits per heavy atom. The van der Waals surface area contributed by atoms with Gasteiger partial charge in [0.25, 0.3) is 0 Å². The lowest BCUT2D eigenvalue weighted by molar-refractivity contribution is -0.119. The van der Waals surface area contributed by atoms with Gasteiger partial charge in [-0.05, 0) is 18.9 Å². The smallest absolute Gasteiger partial charge is 0.350 e. The molecule has 0 radical (unpaired) electrons. The number of halogens is 3. The van der Waals surface area contributed by atoms with Crippen LogP contribution in [0.25, 0.3) is 0 Å². The molecule has 6 heteroatoms. The van der Waals surface area contributed by atoms with Crippen LogP contribution in [0.4, 0.5) is 19.0 Å². The highest BCUT2D eigenvalue weighted by Crippen LogP contribution is 2.24. The molecular formula is C12H16F3N3. The van der Waals surface area contributed by atoms with Crippen LogP contribution in [0.3, 0.4) is 0 Å². The van der Waals surface area contributed by atoms with Gasteiger partial charge in [-0.1, -0.05) is 6.07 Å². The molecule has 0 unspecified atom stereocenters. The molecule has 1 aliphatic rings. The Kier molecular flexibility index (Phi) is 3.75. The third-order valence-corrected chi connectivity index (χ3v) is 2.80. The van der Waals surface area contributed by atoms with Crippen molar-refractivity contribution in [1.29, 1.82) is 0 Å². The summed E-state index contributed by atoms with van der Waals surface area (Å²) in [6.45, 7) is -0.420. The second-order valence-electron chi connectivity index (χ2n) is 4.61. The van der Waals surface area contributed by atoms with Crippen LogP contribution in [-0.4, -0.2) is 30.8 Å². The van der Waals surface area contributed by atoms with Gasteiger partial charge in [0.05, 0.1) is 0 Å². The number of hydrogen-bond donors (Lipinski definition) is 1.